The van der Waals surface area contributed by atoms with E-state index in [1.54, 1.807) is 20.8 Å². The number of aromatic nitrogens is 3. The molecule has 0 unspecified atom stereocenters. The summed E-state index contributed by atoms with van der Waals surface area (Å²) in [6.07, 6.45) is -5.17. The molecule has 1 amide bonds. The van der Waals surface area contributed by atoms with Crippen molar-refractivity contribution < 1.29 is 31.8 Å². The van der Waals surface area contributed by atoms with E-state index >= 15 is 0 Å². The minimum Gasteiger partial charge on any atom is -0.479 e. The monoisotopic (exact) mass is 376 g/mol. The van der Waals surface area contributed by atoms with Gasteiger partial charge in [0, 0.05) is 0 Å². The van der Waals surface area contributed by atoms with E-state index in [4.69, 9.17) is 4.74 Å². The maximum atomic E-state index is 13.5. The van der Waals surface area contributed by atoms with Gasteiger partial charge in [-0.15, -0.1) is 0 Å². The molecule has 1 N–H and O–H groups in total. The molecule has 0 fully saturated rings. The minimum atomic E-state index is -4.88. The van der Waals surface area contributed by atoms with Crippen LogP contribution in [0.5, 0.6) is 5.88 Å². The lowest BCUT2D eigenvalue weighted by molar-refractivity contribution is -0.142. The van der Waals surface area contributed by atoms with Crippen molar-refractivity contribution in [3.05, 3.63) is 29.8 Å². The number of pyridine rings is 1. The lowest BCUT2D eigenvalue weighted by atomic mass is 10.2. The van der Waals surface area contributed by atoms with E-state index in [-0.39, 0.29) is 5.82 Å². The standard InChI is InChI=1S/C15H16F4N4O3/c1-14(2,3)26-13(24)21-9-7-20-23(11(9)15(17,18)19)10-6-5-8(16)12(22-10)25-4/h5-7H,1-4H3,(H,21,24). The maximum Gasteiger partial charge on any atom is 0.435 e. The summed E-state index contributed by atoms with van der Waals surface area (Å²) in [4.78, 5) is 15.4. The van der Waals surface area contributed by atoms with Crippen LogP contribution in [0.4, 0.5) is 28.0 Å². The Balaban J connectivity index is 2.46. The Hall–Kier alpha value is -2.85. The van der Waals surface area contributed by atoms with Crippen molar-refractivity contribution in [3.63, 3.8) is 0 Å². The lowest BCUT2D eigenvalue weighted by Crippen LogP contribution is -2.28. The van der Waals surface area contributed by atoms with Crippen LogP contribution in [0.15, 0.2) is 18.3 Å². The maximum absolute atomic E-state index is 13.5. The molecule has 0 aliphatic heterocycles. The van der Waals surface area contributed by atoms with Gasteiger partial charge in [0.2, 0.25) is 0 Å². The topological polar surface area (TPSA) is 78.3 Å². The molecule has 7 nitrogen and oxygen atoms in total. The summed E-state index contributed by atoms with van der Waals surface area (Å²) in [5, 5.41) is 5.60. The first-order chi connectivity index (χ1) is 11.9. The quantitative estimate of drug-likeness (QED) is 0.825. The molecule has 0 saturated heterocycles. The number of ether oxygens (including phenoxy) is 2. The van der Waals surface area contributed by atoms with Gasteiger partial charge in [-0.3, -0.25) is 5.32 Å². The van der Waals surface area contributed by atoms with Crippen LogP contribution in [-0.2, 0) is 10.9 Å². The van der Waals surface area contributed by atoms with Crippen LogP contribution in [0.1, 0.15) is 26.5 Å². The van der Waals surface area contributed by atoms with Gasteiger partial charge in [0.05, 0.1) is 19.0 Å². The molecule has 0 aromatic carbocycles. The van der Waals surface area contributed by atoms with E-state index in [2.05, 4.69) is 14.8 Å². The van der Waals surface area contributed by atoms with Crippen molar-refractivity contribution in [2.75, 3.05) is 12.4 Å². The summed E-state index contributed by atoms with van der Waals surface area (Å²) in [5.74, 6) is -1.68. The van der Waals surface area contributed by atoms with Gasteiger partial charge < -0.3 is 9.47 Å². The first-order valence-electron chi connectivity index (χ1n) is 7.28. The van der Waals surface area contributed by atoms with Gasteiger partial charge >= 0.3 is 12.3 Å². The van der Waals surface area contributed by atoms with E-state index in [0.717, 1.165) is 25.4 Å². The number of hydrogen-bond donors (Lipinski definition) is 1. The third kappa shape index (κ3) is 4.41. The summed E-state index contributed by atoms with van der Waals surface area (Å²) >= 11 is 0. The van der Waals surface area contributed by atoms with Gasteiger partial charge in [-0.05, 0) is 32.9 Å². The number of carbonyl (C=O) groups excluding carboxylic acids is 1. The number of hydrogen-bond acceptors (Lipinski definition) is 5. The molecule has 0 atom stereocenters. The largest absolute Gasteiger partial charge is 0.479 e. The van der Waals surface area contributed by atoms with Gasteiger partial charge in [0.15, 0.2) is 17.3 Å². The van der Waals surface area contributed by atoms with Crippen LogP contribution >= 0.6 is 0 Å². The summed E-state index contributed by atoms with van der Waals surface area (Å²) in [7, 11) is 1.12. The van der Waals surface area contributed by atoms with E-state index in [1.165, 1.54) is 0 Å². The smallest absolute Gasteiger partial charge is 0.435 e. The Bertz CT molecular complexity index is 812. The van der Waals surface area contributed by atoms with Crippen LogP contribution in [-0.4, -0.2) is 33.6 Å². The van der Waals surface area contributed by atoms with Gasteiger partial charge in [-0.25, -0.2) is 13.9 Å². The van der Waals surface area contributed by atoms with Crippen LogP contribution < -0.4 is 10.1 Å². The molecule has 0 aliphatic rings. The summed E-state index contributed by atoms with van der Waals surface area (Å²) in [6.45, 7) is 4.69. The van der Waals surface area contributed by atoms with E-state index in [9.17, 15) is 22.4 Å². The number of methoxy groups -OCH3 is 1. The molecule has 2 aromatic heterocycles. The predicted octanol–water partition coefficient (Wildman–Crippen LogP) is 3.78. The number of halogens is 4. The second kappa shape index (κ2) is 6.81. The normalized spacial score (nSPS) is 12.0. The average Bonchev–Trinajstić information content (AvgIpc) is 2.89. The second-order valence-corrected chi connectivity index (χ2v) is 6.10. The number of alkyl halides is 3. The zero-order valence-electron chi connectivity index (χ0n) is 14.3. The van der Waals surface area contributed by atoms with Crippen LogP contribution in [0.25, 0.3) is 5.82 Å². The van der Waals surface area contributed by atoms with Crippen molar-refractivity contribution in [1.29, 1.82) is 0 Å². The molecule has 142 valence electrons. The van der Waals surface area contributed by atoms with Gasteiger partial charge in [-0.2, -0.15) is 23.3 Å². The summed E-state index contributed by atoms with van der Waals surface area (Å²) in [6, 6.07) is 1.89. The minimum absolute atomic E-state index is 0.340. The lowest BCUT2D eigenvalue weighted by Gasteiger charge is -2.20. The second-order valence-electron chi connectivity index (χ2n) is 6.10. The first-order valence-corrected chi connectivity index (χ1v) is 7.28. The zero-order valence-corrected chi connectivity index (χ0v) is 14.3. The number of anilines is 1. The fourth-order valence-electron chi connectivity index (χ4n) is 1.97. The summed E-state index contributed by atoms with van der Waals surface area (Å²) < 4.78 is 63.9. The number of nitrogens with zero attached hydrogens (tertiary/aromatic N) is 3. The van der Waals surface area contributed by atoms with Crippen LogP contribution in [0.2, 0.25) is 0 Å². The molecule has 11 heteroatoms. The molecule has 2 heterocycles. The molecule has 2 rings (SSSR count). The molecule has 0 saturated carbocycles. The molecule has 0 aliphatic carbocycles. The van der Waals surface area contributed by atoms with Crippen molar-refractivity contribution in [2.24, 2.45) is 0 Å². The Kier molecular flexibility index (Phi) is 5.10. The van der Waals surface area contributed by atoms with Gasteiger partial charge in [-0.1, -0.05) is 0 Å². The number of carbonyl (C=O) groups is 1. The van der Waals surface area contributed by atoms with Crippen LogP contribution in [0.3, 0.4) is 0 Å². The molecule has 26 heavy (non-hydrogen) atoms. The molecular weight excluding hydrogens is 360 g/mol. The summed E-state index contributed by atoms with van der Waals surface area (Å²) in [5.41, 5.74) is -2.83. The zero-order chi connectivity index (χ0) is 19.7. The molecule has 0 radical (unpaired) electrons. The molecular formula is C15H16F4N4O3. The predicted molar refractivity (Wildman–Crippen MR) is 82.7 cm³/mol. The number of rotatable bonds is 3. The third-order valence-electron chi connectivity index (χ3n) is 2.88. The van der Waals surface area contributed by atoms with Crippen LogP contribution in [0, 0.1) is 5.82 Å². The van der Waals surface area contributed by atoms with Gasteiger partial charge in [0.1, 0.15) is 5.60 Å². The molecule has 0 spiro atoms. The highest BCUT2D eigenvalue weighted by Crippen LogP contribution is 2.36. The highest BCUT2D eigenvalue weighted by atomic mass is 19.4. The fraction of sp³-hybridized carbons (Fsp3) is 0.400. The van der Waals surface area contributed by atoms with Crippen molar-refractivity contribution >= 4 is 11.8 Å². The SMILES string of the molecule is COc1nc(-n2ncc(NC(=O)OC(C)(C)C)c2C(F)(F)F)ccc1F. The van der Waals surface area contributed by atoms with Crippen molar-refractivity contribution in [3.8, 4) is 11.7 Å². The first kappa shape index (κ1) is 19.5. The average molecular weight is 376 g/mol. The Morgan fingerprint density at radius 3 is 2.42 bits per heavy atom. The molecule has 0 bridgehead atoms. The number of nitrogens with one attached hydrogen (secondary N) is 1. The highest BCUT2D eigenvalue weighted by Gasteiger charge is 2.40. The number of amides is 1. The Morgan fingerprint density at radius 1 is 1.23 bits per heavy atom. The van der Waals surface area contributed by atoms with Gasteiger partial charge in [0.25, 0.3) is 5.88 Å². The van der Waals surface area contributed by atoms with E-state index < -0.39 is 40.9 Å². The Morgan fingerprint density at radius 2 is 1.88 bits per heavy atom. The third-order valence-corrected chi connectivity index (χ3v) is 2.88. The van der Waals surface area contributed by atoms with E-state index in [0.29, 0.717) is 4.68 Å². The van der Waals surface area contributed by atoms with E-state index in [1.807, 2.05) is 5.32 Å². The highest BCUT2D eigenvalue weighted by molar-refractivity contribution is 5.85. The van der Waals surface area contributed by atoms with Crippen molar-refractivity contribution in [1.82, 2.24) is 14.8 Å². The molecule has 2 aromatic rings. The van der Waals surface area contributed by atoms with Crippen molar-refractivity contribution in [2.45, 2.75) is 32.5 Å². The Labute approximate surface area is 145 Å². The fourth-order valence-corrected chi connectivity index (χ4v) is 1.97.